The van der Waals surface area contributed by atoms with Gasteiger partial charge in [-0.15, -0.1) is 0 Å². The Kier molecular flexibility index (Phi) is 7.93. The summed E-state index contributed by atoms with van der Waals surface area (Å²) in [6.07, 6.45) is -2.32. The molecule has 0 amide bonds. The Morgan fingerprint density at radius 1 is 0.944 bits per heavy atom. The Balaban J connectivity index is 2.35. The summed E-state index contributed by atoms with van der Waals surface area (Å²) < 4.78 is 10.8. The molecule has 7 heteroatoms. The fraction of sp³-hybridized carbons (Fsp3) is 1.00. The second-order valence-corrected chi connectivity index (χ2v) is 5.16. The molecular formula is C11H22O5S2. The molecule has 0 aliphatic carbocycles. The number of rotatable bonds is 7. The molecule has 1 saturated heterocycles. The summed E-state index contributed by atoms with van der Waals surface area (Å²) in [6.45, 7) is 0.442. The lowest BCUT2D eigenvalue weighted by Gasteiger charge is -2.39. The minimum absolute atomic E-state index is 0.254. The lowest BCUT2D eigenvalue weighted by molar-refractivity contribution is -0.292. The zero-order valence-corrected chi connectivity index (χ0v) is 12.0. The van der Waals surface area contributed by atoms with Crippen LogP contribution in [0.1, 0.15) is 19.3 Å². The molecule has 0 spiro atoms. The van der Waals surface area contributed by atoms with Crippen molar-refractivity contribution >= 4 is 25.3 Å². The number of hydrogen-bond acceptors (Lipinski definition) is 7. The van der Waals surface area contributed by atoms with E-state index in [1.807, 2.05) is 0 Å². The van der Waals surface area contributed by atoms with Crippen molar-refractivity contribution in [1.82, 2.24) is 0 Å². The van der Waals surface area contributed by atoms with E-state index in [-0.39, 0.29) is 5.75 Å². The van der Waals surface area contributed by atoms with E-state index in [1.54, 1.807) is 0 Å². The molecule has 0 aromatic heterocycles. The van der Waals surface area contributed by atoms with Crippen molar-refractivity contribution in [1.29, 1.82) is 0 Å². The van der Waals surface area contributed by atoms with Gasteiger partial charge >= 0.3 is 0 Å². The van der Waals surface area contributed by atoms with E-state index >= 15 is 0 Å². The van der Waals surface area contributed by atoms with Gasteiger partial charge in [-0.1, -0.05) is 6.42 Å². The van der Waals surface area contributed by atoms with Crippen LogP contribution in [0.25, 0.3) is 0 Å². The molecule has 0 radical (unpaired) electrons. The van der Waals surface area contributed by atoms with Crippen molar-refractivity contribution in [3.63, 3.8) is 0 Å². The predicted molar refractivity (Wildman–Crippen MR) is 74.2 cm³/mol. The van der Waals surface area contributed by atoms with Crippen molar-refractivity contribution in [2.75, 3.05) is 18.1 Å². The van der Waals surface area contributed by atoms with Gasteiger partial charge in [-0.05, 0) is 18.6 Å². The Morgan fingerprint density at radius 3 is 2.28 bits per heavy atom. The molecule has 0 bridgehead atoms. The van der Waals surface area contributed by atoms with Crippen LogP contribution in [-0.2, 0) is 9.47 Å². The molecule has 1 fully saturated rings. The molecule has 1 heterocycles. The summed E-state index contributed by atoms with van der Waals surface area (Å²) >= 11 is 8.14. The number of unbranched alkanes of at least 4 members (excludes halogenated alkanes) is 2. The normalized spacial score (nSPS) is 36.8. The monoisotopic (exact) mass is 298 g/mol. The minimum Gasteiger partial charge on any atom is -0.388 e. The topological polar surface area (TPSA) is 79.2 Å². The summed E-state index contributed by atoms with van der Waals surface area (Å²) in [7, 11) is 0. The van der Waals surface area contributed by atoms with Gasteiger partial charge in [0.25, 0.3) is 0 Å². The largest absolute Gasteiger partial charge is 0.388 e. The van der Waals surface area contributed by atoms with E-state index in [0.29, 0.717) is 6.61 Å². The van der Waals surface area contributed by atoms with Crippen molar-refractivity contribution in [2.45, 2.75) is 50.0 Å². The minimum atomic E-state index is -1.27. The molecule has 0 saturated carbocycles. The average Bonchev–Trinajstić information content (AvgIpc) is 2.38. The fourth-order valence-corrected chi connectivity index (χ4v) is 2.32. The first kappa shape index (κ1) is 16.6. The van der Waals surface area contributed by atoms with Crippen LogP contribution in [0.2, 0.25) is 0 Å². The zero-order chi connectivity index (χ0) is 13.5. The second-order valence-electron chi connectivity index (χ2n) is 4.35. The number of ether oxygens (including phenoxy) is 2. The number of hydrogen-bond donors (Lipinski definition) is 5. The third-order valence-corrected chi connectivity index (χ3v) is 3.61. The van der Waals surface area contributed by atoms with Crippen LogP contribution in [-0.4, -0.2) is 64.1 Å². The lowest BCUT2D eigenvalue weighted by Crippen LogP contribution is -2.58. The van der Waals surface area contributed by atoms with Crippen LogP contribution < -0.4 is 0 Å². The molecule has 18 heavy (non-hydrogen) atoms. The SMILES string of the molecule is OC1[C@@H](O)C(CS)O[C@@H](OCCCCCS)[C@H]1O. The van der Waals surface area contributed by atoms with Gasteiger partial charge in [0.15, 0.2) is 6.29 Å². The highest BCUT2D eigenvalue weighted by Gasteiger charge is 2.43. The van der Waals surface area contributed by atoms with E-state index < -0.39 is 30.7 Å². The summed E-state index contributed by atoms with van der Waals surface area (Å²) in [5, 5.41) is 29.0. The van der Waals surface area contributed by atoms with Crippen LogP contribution in [0.4, 0.5) is 0 Å². The van der Waals surface area contributed by atoms with Crippen molar-refractivity contribution < 1.29 is 24.8 Å². The maximum atomic E-state index is 9.73. The Morgan fingerprint density at radius 2 is 1.67 bits per heavy atom. The van der Waals surface area contributed by atoms with Gasteiger partial charge in [-0.25, -0.2) is 0 Å². The standard InChI is InChI=1S/C11H22O5S2/c12-8-7(6-18)16-11(10(14)9(8)13)15-4-2-1-3-5-17/h7-14,17-18H,1-6H2/t7?,8-,9?,10-,11+/m0/s1. The van der Waals surface area contributed by atoms with Crippen LogP contribution in [0, 0.1) is 0 Å². The molecule has 0 aromatic carbocycles. The Hall–Kier alpha value is 0.500. The first-order valence-corrected chi connectivity index (χ1v) is 7.41. The van der Waals surface area contributed by atoms with Crippen LogP contribution in [0.5, 0.6) is 0 Å². The number of aliphatic hydroxyl groups is 3. The Bertz CT molecular complexity index is 229. The van der Waals surface area contributed by atoms with Gasteiger partial charge < -0.3 is 24.8 Å². The zero-order valence-electron chi connectivity index (χ0n) is 10.2. The quantitative estimate of drug-likeness (QED) is 0.333. The third kappa shape index (κ3) is 4.56. The van der Waals surface area contributed by atoms with Crippen LogP contribution in [0.15, 0.2) is 0 Å². The predicted octanol–water partition coefficient (Wildman–Crippen LogP) is -0.160. The van der Waals surface area contributed by atoms with E-state index in [1.165, 1.54) is 0 Å². The Labute approximate surface area is 118 Å². The first-order chi connectivity index (χ1) is 8.61. The maximum absolute atomic E-state index is 9.73. The molecule has 0 aromatic rings. The van der Waals surface area contributed by atoms with Gasteiger partial charge in [0, 0.05) is 12.4 Å². The summed E-state index contributed by atoms with van der Waals surface area (Å²) in [4.78, 5) is 0. The smallest absolute Gasteiger partial charge is 0.186 e. The molecule has 2 unspecified atom stereocenters. The molecule has 3 N–H and O–H groups in total. The fourth-order valence-electron chi connectivity index (χ4n) is 1.80. The van der Waals surface area contributed by atoms with E-state index in [9.17, 15) is 15.3 Å². The molecule has 1 aliphatic rings. The molecule has 5 nitrogen and oxygen atoms in total. The van der Waals surface area contributed by atoms with E-state index in [0.717, 1.165) is 25.0 Å². The third-order valence-electron chi connectivity index (χ3n) is 2.93. The highest BCUT2D eigenvalue weighted by atomic mass is 32.1. The van der Waals surface area contributed by atoms with Crippen molar-refractivity contribution in [3.8, 4) is 0 Å². The van der Waals surface area contributed by atoms with Crippen molar-refractivity contribution in [3.05, 3.63) is 0 Å². The summed E-state index contributed by atoms with van der Waals surface area (Å²) in [5.41, 5.74) is 0. The van der Waals surface area contributed by atoms with E-state index in [2.05, 4.69) is 25.3 Å². The molecule has 1 aliphatic heterocycles. The average molecular weight is 298 g/mol. The maximum Gasteiger partial charge on any atom is 0.186 e. The first-order valence-electron chi connectivity index (χ1n) is 6.14. The molecule has 5 atom stereocenters. The summed E-state index contributed by atoms with van der Waals surface area (Å²) in [6, 6.07) is 0. The van der Waals surface area contributed by atoms with Gasteiger partial charge in [0.1, 0.15) is 18.3 Å². The molecule has 108 valence electrons. The number of thiol groups is 2. The van der Waals surface area contributed by atoms with Gasteiger partial charge in [0.05, 0.1) is 6.10 Å². The van der Waals surface area contributed by atoms with Gasteiger partial charge in [0.2, 0.25) is 0 Å². The van der Waals surface area contributed by atoms with Crippen LogP contribution >= 0.6 is 25.3 Å². The second kappa shape index (κ2) is 8.63. The number of aliphatic hydroxyl groups excluding tert-OH is 3. The summed E-state index contributed by atoms with van der Waals surface area (Å²) in [5.74, 6) is 1.10. The van der Waals surface area contributed by atoms with Gasteiger partial charge in [-0.2, -0.15) is 25.3 Å². The van der Waals surface area contributed by atoms with Gasteiger partial charge in [-0.3, -0.25) is 0 Å². The van der Waals surface area contributed by atoms with E-state index in [4.69, 9.17) is 9.47 Å². The highest BCUT2D eigenvalue weighted by Crippen LogP contribution is 2.23. The molecule has 1 rings (SSSR count). The van der Waals surface area contributed by atoms with Crippen LogP contribution in [0.3, 0.4) is 0 Å². The molecular weight excluding hydrogens is 276 g/mol. The highest BCUT2D eigenvalue weighted by molar-refractivity contribution is 7.80. The lowest BCUT2D eigenvalue weighted by atomic mass is 10.00. The van der Waals surface area contributed by atoms with Crippen molar-refractivity contribution in [2.24, 2.45) is 0 Å².